The van der Waals surface area contributed by atoms with E-state index >= 15 is 0 Å². The molecule has 1 saturated heterocycles. The number of hydrogen-bond acceptors (Lipinski definition) is 3. The number of Topliss-reactive ketones (excluding diaryl/α,β-unsaturated/α-hetero) is 1. The number of piperidine rings is 1. The second-order valence-electron chi connectivity index (χ2n) is 4.75. The molecule has 0 bridgehead atoms. The molecule has 3 nitrogen and oxygen atoms in total. The molecule has 1 aliphatic heterocycles. The normalized spacial score (nSPS) is 19.9. The van der Waals surface area contributed by atoms with Crippen LogP contribution in [0.2, 0.25) is 5.02 Å². The van der Waals surface area contributed by atoms with E-state index in [1.54, 1.807) is 12.1 Å². The van der Waals surface area contributed by atoms with Crippen LogP contribution in [0.5, 0.6) is 0 Å². The smallest absolute Gasteiger partial charge is 0.159 e. The van der Waals surface area contributed by atoms with Gasteiger partial charge in [-0.15, -0.1) is 0 Å². The Hall–Kier alpha value is -1.06. The van der Waals surface area contributed by atoms with Gasteiger partial charge < -0.3 is 10.0 Å². The lowest BCUT2D eigenvalue weighted by molar-refractivity contribution is 0.101. The standard InChI is InChI=1S/C14H18ClNO2/c1-10(18)11-5-6-14(13(15)8-11)16-7-3-2-4-12(16)9-17/h5-6,8,12,17H,2-4,7,9H2,1H3. The number of nitrogens with zero attached hydrogens (tertiary/aromatic N) is 1. The minimum atomic E-state index is 0.0146. The molecule has 4 heteroatoms. The quantitative estimate of drug-likeness (QED) is 0.856. The van der Waals surface area contributed by atoms with Crippen molar-refractivity contribution in [3.63, 3.8) is 0 Å². The molecule has 1 atom stereocenters. The van der Waals surface area contributed by atoms with Gasteiger partial charge in [-0.2, -0.15) is 0 Å². The van der Waals surface area contributed by atoms with Gasteiger partial charge in [0.1, 0.15) is 0 Å². The zero-order chi connectivity index (χ0) is 13.1. The van der Waals surface area contributed by atoms with Crippen LogP contribution in [0, 0.1) is 0 Å². The average molecular weight is 268 g/mol. The molecule has 1 N–H and O–H groups in total. The van der Waals surface area contributed by atoms with E-state index in [0.717, 1.165) is 31.5 Å². The summed E-state index contributed by atoms with van der Waals surface area (Å²) in [4.78, 5) is 13.4. The minimum absolute atomic E-state index is 0.0146. The highest BCUT2D eigenvalue weighted by molar-refractivity contribution is 6.33. The van der Waals surface area contributed by atoms with Crippen LogP contribution in [0.25, 0.3) is 0 Å². The zero-order valence-corrected chi connectivity index (χ0v) is 11.3. The van der Waals surface area contributed by atoms with Crippen LogP contribution in [0.3, 0.4) is 0 Å². The molecule has 1 aromatic carbocycles. The summed E-state index contributed by atoms with van der Waals surface area (Å²) in [6.07, 6.45) is 3.24. The topological polar surface area (TPSA) is 40.5 Å². The lowest BCUT2D eigenvalue weighted by Crippen LogP contribution is -2.42. The van der Waals surface area contributed by atoms with Crippen LogP contribution in [0.1, 0.15) is 36.5 Å². The monoisotopic (exact) mass is 267 g/mol. The first-order valence-electron chi connectivity index (χ1n) is 6.31. The number of carbonyl (C=O) groups excluding carboxylic acids is 1. The van der Waals surface area contributed by atoms with Crippen LogP contribution >= 0.6 is 11.6 Å². The maximum Gasteiger partial charge on any atom is 0.159 e. The van der Waals surface area contributed by atoms with Gasteiger partial charge >= 0.3 is 0 Å². The Balaban J connectivity index is 2.29. The summed E-state index contributed by atoms with van der Waals surface area (Å²) in [7, 11) is 0. The second-order valence-corrected chi connectivity index (χ2v) is 5.16. The lowest BCUT2D eigenvalue weighted by Gasteiger charge is -2.37. The Morgan fingerprint density at radius 3 is 2.89 bits per heavy atom. The van der Waals surface area contributed by atoms with E-state index in [-0.39, 0.29) is 18.4 Å². The first-order chi connectivity index (χ1) is 8.63. The Morgan fingerprint density at radius 2 is 2.28 bits per heavy atom. The third-order valence-corrected chi connectivity index (χ3v) is 3.80. The van der Waals surface area contributed by atoms with Crippen LogP contribution in [0.15, 0.2) is 18.2 Å². The molecular weight excluding hydrogens is 250 g/mol. The molecule has 0 aromatic heterocycles. The van der Waals surface area contributed by atoms with Crippen molar-refractivity contribution in [2.24, 2.45) is 0 Å². The molecule has 0 radical (unpaired) electrons. The molecule has 0 saturated carbocycles. The maximum atomic E-state index is 11.3. The van der Waals surface area contributed by atoms with Gasteiger partial charge in [0.25, 0.3) is 0 Å². The van der Waals surface area contributed by atoms with Crippen molar-refractivity contribution in [2.75, 3.05) is 18.1 Å². The largest absolute Gasteiger partial charge is 0.394 e. The molecule has 1 heterocycles. The van der Waals surface area contributed by atoms with Gasteiger partial charge in [0.05, 0.1) is 23.4 Å². The van der Waals surface area contributed by atoms with E-state index in [4.69, 9.17) is 11.6 Å². The third kappa shape index (κ3) is 2.68. The molecule has 98 valence electrons. The van der Waals surface area contributed by atoms with E-state index in [0.29, 0.717) is 10.6 Å². The lowest BCUT2D eigenvalue weighted by atomic mass is 10.0. The third-order valence-electron chi connectivity index (χ3n) is 3.50. The Morgan fingerprint density at radius 1 is 1.50 bits per heavy atom. The molecule has 18 heavy (non-hydrogen) atoms. The molecule has 2 rings (SSSR count). The fraction of sp³-hybridized carbons (Fsp3) is 0.500. The number of rotatable bonds is 3. The Bertz CT molecular complexity index is 447. The van der Waals surface area contributed by atoms with E-state index in [9.17, 15) is 9.90 Å². The average Bonchev–Trinajstić information content (AvgIpc) is 2.38. The SMILES string of the molecule is CC(=O)c1ccc(N2CCCCC2CO)c(Cl)c1. The molecule has 0 amide bonds. The van der Waals surface area contributed by atoms with Gasteiger partial charge in [-0.05, 0) is 44.4 Å². The number of benzene rings is 1. The summed E-state index contributed by atoms with van der Waals surface area (Å²) in [5.41, 5.74) is 1.54. The number of hydrogen-bond donors (Lipinski definition) is 1. The van der Waals surface area contributed by atoms with Crippen LogP contribution in [-0.2, 0) is 0 Å². The maximum absolute atomic E-state index is 11.3. The van der Waals surface area contributed by atoms with Crippen molar-refractivity contribution >= 4 is 23.1 Å². The predicted molar refractivity (Wildman–Crippen MR) is 73.5 cm³/mol. The molecule has 1 unspecified atom stereocenters. The van der Waals surface area contributed by atoms with Gasteiger partial charge in [-0.25, -0.2) is 0 Å². The second kappa shape index (κ2) is 5.72. The summed E-state index contributed by atoms with van der Waals surface area (Å²) in [5, 5.41) is 10.0. The molecular formula is C14H18ClNO2. The van der Waals surface area contributed by atoms with Crippen LogP contribution in [-0.4, -0.2) is 30.1 Å². The van der Waals surface area contributed by atoms with Crippen LogP contribution in [0.4, 0.5) is 5.69 Å². The van der Waals surface area contributed by atoms with Crippen molar-refractivity contribution in [3.05, 3.63) is 28.8 Å². The van der Waals surface area contributed by atoms with Gasteiger partial charge in [-0.1, -0.05) is 11.6 Å². The van der Waals surface area contributed by atoms with Crippen molar-refractivity contribution in [2.45, 2.75) is 32.2 Å². The van der Waals surface area contributed by atoms with E-state index < -0.39 is 0 Å². The highest BCUT2D eigenvalue weighted by Crippen LogP contribution is 2.31. The summed E-state index contributed by atoms with van der Waals surface area (Å²) in [6, 6.07) is 5.53. The number of ketones is 1. The number of anilines is 1. The minimum Gasteiger partial charge on any atom is -0.394 e. The number of halogens is 1. The first-order valence-corrected chi connectivity index (χ1v) is 6.69. The van der Waals surface area contributed by atoms with Gasteiger partial charge in [0.15, 0.2) is 5.78 Å². The summed E-state index contributed by atoms with van der Waals surface area (Å²) in [6.45, 7) is 2.58. The van der Waals surface area contributed by atoms with Crippen molar-refractivity contribution in [1.82, 2.24) is 0 Å². The highest BCUT2D eigenvalue weighted by Gasteiger charge is 2.23. The van der Waals surface area contributed by atoms with Gasteiger partial charge in [-0.3, -0.25) is 4.79 Å². The summed E-state index contributed by atoms with van der Waals surface area (Å²) >= 11 is 6.25. The Kier molecular flexibility index (Phi) is 4.25. The van der Waals surface area contributed by atoms with Crippen LogP contribution < -0.4 is 4.90 Å². The molecule has 1 aromatic rings. The predicted octanol–water partition coefficient (Wildman–Crippen LogP) is 2.89. The number of aliphatic hydroxyl groups excluding tert-OH is 1. The fourth-order valence-electron chi connectivity index (χ4n) is 2.47. The van der Waals surface area contributed by atoms with Gasteiger partial charge in [0.2, 0.25) is 0 Å². The van der Waals surface area contributed by atoms with Crippen molar-refractivity contribution < 1.29 is 9.90 Å². The van der Waals surface area contributed by atoms with Crippen molar-refractivity contribution in [1.29, 1.82) is 0 Å². The summed E-state index contributed by atoms with van der Waals surface area (Å²) in [5.74, 6) is 0.0146. The number of aliphatic hydroxyl groups is 1. The fourth-order valence-corrected chi connectivity index (χ4v) is 2.76. The molecule has 1 aliphatic rings. The molecule has 0 spiro atoms. The van der Waals surface area contributed by atoms with Crippen molar-refractivity contribution in [3.8, 4) is 0 Å². The highest BCUT2D eigenvalue weighted by atomic mass is 35.5. The summed E-state index contributed by atoms with van der Waals surface area (Å²) < 4.78 is 0. The van der Waals surface area contributed by atoms with Gasteiger partial charge in [0, 0.05) is 12.1 Å². The molecule has 0 aliphatic carbocycles. The van der Waals surface area contributed by atoms with E-state index in [2.05, 4.69) is 4.90 Å². The first kappa shape index (κ1) is 13.4. The number of carbonyl (C=O) groups is 1. The zero-order valence-electron chi connectivity index (χ0n) is 10.5. The molecule has 1 fully saturated rings. The Labute approximate surface area is 112 Å². The van der Waals surface area contributed by atoms with E-state index in [1.807, 2.05) is 6.07 Å². The van der Waals surface area contributed by atoms with E-state index in [1.165, 1.54) is 6.92 Å².